The maximum absolute atomic E-state index is 15.8. The molecule has 3 aliphatic rings. The van der Waals surface area contributed by atoms with E-state index in [-0.39, 0.29) is 23.2 Å². The number of aromatic hydroxyl groups is 1. The van der Waals surface area contributed by atoms with E-state index in [1.807, 2.05) is 32.0 Å². The van der Waals surface area contributed by atoms with Crippen molar-refractivity contribution in [1.82, 2.24) is 30.0 Å². The third kappa shape index (κ3) is 3.76. The quantitative estimate of drug-likeness (QED) is 0.590. The molecule has 6 rings (SSSR count). The van der Waals surface area contributed by atoms with Crippen molar-refractivity contribution < 1.29 is 14.2 Å². The standard InChI is InChI=1S/C25H30FN7O2/c1-24-10-11-25(2,32(3)13-24)20(26)21(24)33(4)19-9-8-17(30-31-19)16-7-6-15(12-18(16)34)22-27-14-28-23(29-22)35-5/h6-9,12,14,20-21,34H,10-11,13H2,1-5H3/t20-,21+,24-,25-/m0/s1. The maximum Gasteiger partial charge on any atom is 0.319 e. The highest BCUT2D eigenvalue weighted by Crippen LogP contribution is 2.52. The number of aromatic nitrogens is 5. The minimum absolute atomic E-state index is 0.0224. The van der Waals surface area contributed by atoms with Gasteiger partial charge in [0.1, 0.15) is 18.2 Å². The van der Waals surface area contributed by atoms with Crippen molar-refractivity contribution in [1.29, 1.82) is 0 Å². The smallest absolute Gasteiger partial charge is 0.319 e. The second-order valence-corrected chi connectivity index (χ2v) is 10.1. The lowest BCUT2D eigenvalue weighted by molar-refractivity contribution is -0.123. The summed E-state index contributed by atoms with van der Waals surface area (Å²) in [6, 6.07) is 8.62. The van der Waals surface area contributed by atoms with Gasteiger partial charge in [0.15, 0.2) is 11.6 Å². The van der Waals surface area contributed by atoms with Gasteiger partial charge >= 0.3 is 6.01 Å². The Morgan fingerprint density at radius 1 is 1.14 bits per heavy atom. The fraction of sp³-hybridized carbons (Fsp3) is 0.480. The molecule has 2 aliphatic heterocycles. The molecule has 0 amide bonds. The number of fused-ring (bicyclic) bond motifs is 3. The first-order valence-corrected chi connectivity index (χ1v) is 11.6. The first kappa shape index (κ1) is 23.3. The molecule has 0 spiro atoms. The van der Waals surface area contributed by atoms with Crippen LogP contribution in [0.2, 0.25) is 0 Å². The molecule has 0 unspecified atom stereocenters. The molecule has 2 bridgehead atoms. The summed E-state index contributed by atoms with van der Waals surface area (Å²) in [6.45, 7) is 5.03. The molecule has 0 radical (unpaired) electrons. The molecular formula is C25H30FN7O2. The number of phenols is 1. The second kappa shape index (κ2) is 8.37. The van der Waals surface area contributed by atoms with E-state index in [0.29, 0.717) is 28.5 Å². The van der Waals surface area contributed by atoms with Crippen LogP contribution >= 0.6 is 0 Å². The summed E-state index contributed by atoms with van der Waals surface area (Å²) in [5.74, 6) is 1.01. The number of alkyl halides is 1. The SMILES string of the molecule is COc1ncnc(-c2ccc(-c3ccc(N(C)[C@@H]4[C@H](F)[C@]5(C)CC[C@@]4(C)CN5C)nn3)c(O)c2)n1. The Hall–Kier alpha value is -3.40. The Balaban J connectivity index is 1.39. The summed E-state index contributed by atoms with van der Waals surface area (Å²) >= 11 is 0. The van der Waals surface area contributed by atoms with Gasteiger partial charge in [-0.05, 0) is 51.1 Å². The molecule has 35 heavy (non-hydrogen) atoms. The lowest BCUT2D eigenvalue weighted by atomic mass is 9.59. The van der Waals surface area contributed by atoms with Crippen molar-refractivity contribution in [3.63, 3.8) is 0 Å². The van der Waals surface area contributed by atoms with Gasteiger partial charge in [-0.1, -0.05) is 13.0 Å². The Kier molecular flexibility index (Phi) is 5.58. The highest BCUT2D eigenvalue weighted by Gasteiger charge is 2.61. The van der Waals surface area contributed by atoms with E-state index in [2.05, 4.69) is 37.0 Å². The van der Waals surface area contributed by atoms with Gasteiger partial charge < -0.3 is 14.7 Å². The van der Waals surface area contributed by atoms with E-state index in [1.54, 1.807) is 24.3 Å². The van der Waals surface area contributed by atoms with E-state index in [0.717, 1.165) is 19.4 Å². The fourth-order valence-electron chi connectivity index (χ4n) is 5.68. The number of hydrogen-bond acceptors (Lipinski definition) is 9. The van der Waals surface area contributed by atoms with Gasteiger partial charge in [-0.2, -0.15) is 9.97 Å². The zero-order valence-corrected chi connectivity index (χ0v) is 20.6. The number of benzene rings is 1. The zero-order valence-electron chi connectivity index (χ0n) is 20.6. The number of phenolic OH excluding ortho intramolecular Hbond substituents is 1. The molecule has 1 aromatic carbocycles. The van der Waals surface area contributed by atoms with Crippen LogP contribution in [-0.2, 0) is 0 Å². The topological polar surface area (TPSA) is 100 Å². The summed E-state index contributed by atoms with van der Waals surface area (Å²) in [7, 11) is 5.39. The Morgan fingerprint density at radius 3 is 2.60 bits per heavy atom. The van der Waals surface area contributed by atoms with E-state index in [1.165, 1.54) is 13.4 Å². The van der Waals surface area contributed by atoms with Gasteiger partial charge in [-0.25, -0.2) is 9.37 Å². The van der Waals surface area contributed by atoms with Gasteiger partial charge in [0, 0.05) is 30.1 Å². The van der Waals surface area contributed by atoms with Gasteiger partial charge in [-0.15, -0.1) is 10.2 Å². The van der Waals surface area contributed by atoms with Crippen LogP contribution in [0.1, 0.15) is 26.7 Å². The minimum Gasteiger partial charge on any atom is -0.507 e. The van der Waals surface area contributed by atoms with Crippen LogP contribution in [0.15, 0.2) is 36.7 Å². The zero-order chi connectivity index (χ0) is 25.0. The van der Waals surface area contributed by atoms with Crippen molar-refractivity contribution in [2.45, 2.75) is 44.4 Å². The number of methoxy groups -OCH3 is 1. The normalized spacial score (nSPS) is 28.2. The molecule has 4 atom stereocenters. The van der Waals surface area contributed by atoms with Crippen LogP contribution in [0.3, 0.4) is 0 Å². The summed E-state index contributed by atoms with van der Waals surface area (Å²) in [4.78, 5) is 16.3. The third-order valence-corrected chi connectivity index (χ3v) is 7.95. The van der Waals surface area contributed by atoms with Crippen molar-refractivity contribution in [3.8, 4) is 34.4 Å². The fourth-order valence-corrected chi connectivity index (χ4v) is 5.68. The van der Waals surface area contributed by atoms with Crippen LogP contribution in [-0.4, -0.2) is 80.7 Å². The predicted octanol–water partition coefficient (Wildman–Crippen LogP) is 3.36. The molecule has 10 heteroatoms. The molecule has 2 saturated heterocycles. The van der Waals surface area contributed by atoms with E-state index in [4.69, 9.17) is 4.74 Å². The number of hydrogen-bond donors (Lipinski definition) is 1. The third-order valence-electron chi connectivity index (χ3n) is 7.95. The molecule has 3 fully saturated rings. The van der Waals surface area contributed by atoms with Crippen LogP contribution in [0.5, 0.6) is 11.8 Å². The number of ether oxygens (including phenoxy) is 1. The number of anilines is 1. The van der Waals surface area contributed by atoms with Crippen LogP contribution in [0.4, 0.5) is 10.2 Å². The Labute approximate surface area is 204 Å². The molecule has 1 aliphatic carbocycles. The molecule has 2 aromatic heterocycles. The van der Waals surface area contributed by atoms with Gasteiger partial charge in [0.05, 0.1) is 24.4 Å². The van der Waals surface area contributed by atoms with Crippen LogP contribution < -0.4 is 9.64 Å². The van der Waals surface area contributed by atoms with Gasteiger partial charge in [0.25, 0.3) is 0 Å². The lowest BCUT2D eigenvalue weighted by Gasteiger charge is -2.63. The number of piperidine rings is 2. The summed E-state index contributed by atoms with van der Waals surface area (Å²) in [6.07, 6.45) is 2.17. The van der Waals surface area contributed by atoms with E-state index < -0.39 is 11.7 Å². The molecule has 1 N–H and O–H groups in total. The monoisotopic (exact) mass is 479 g/mol. The minimum atomic E-state index is -1.00. The van der Waals surface area contributed by atoms with Crippen LogP contribution in [0, 0.1) is 5.41 Å². The van der Waals surface area contributed by atoms with E-state index >= 15 is 4.39 Å². The van der Waals surface area contributed by atoms with Crippen molar-refractivity contribution >= 4 is 5.82 Å². The summed E-state index contributed by atoms with van der Waals surface area (Å²) < 4.78 is 20.8. The average Bonchev–Trinajstić information content (AvgIpc) is 2.86. The number of rotatable bonds is 5. The molecule has 3 aromatic rings. The Morgan fingerprint density at radius 2 is 1.94 bits per heavy atom. The highest BCUT2D eigenvalue weighted by atomic mass is 19.1. The van der Waals surface area contributed by atoms with Gasteiger partial charge in [0.2, 0.25) is 0 Å². The summed E-state index contributed by atoms with van der Waals surface area (Å²) in [5, 5.41) is 19.4. The lowest BCUT2D eigenvalue weighted by Crippen LogP contribution is -2.74. The second-order valence-electron chi connectivity index (χ2n) is 10.1. The number of halogens is 1. The van der Waals surface area contributed by atoms with Crippen molar-refractivity contribution in [3.05, 3.63) is 36.7 Å². The van der Waals surface area contributed by atoms with Crippen molar-refractivity contribution in [2.75, 3.05) is 32.6 Å². The van der Waals surface area contributed by atoms with Gasteiger partial charge in [-0.3, -0.25) is 4.90 Å². The average molecular weight is 480 g/mol. The molecule has 1 saturated carbocycles. The van der Waals surface area contributed by atoms with E-state index in [9.17, 15) is 5.11 Å². The first-order chi connectivity index (χ1) is 16.7. The van der Waals surface area contributed by atoms with Crippen molar-refractivity contribution in [2.24, 2.45) is 5.41 Å². The highest BCUT2D eigenvalue weighted by molar-refractivity contribution is 5.72. The van der Waals surface area contributed by atoms with Crippen LogP contribution in [0.25, 0.3) is 22.6 Å². The predicted molar refractivity (Wildman–Crippen MR) is 130 cm³/mol. The molecular weight excluding hydrogens is 449 g/mol. The molecule has 4 heterocycles. The Bertz CT molecular complexity index is 1240. The molecule has 184 valence electrons. The first-order valence-electron chi connectivity index (χ1n) is 11.6. The largest absolute Gasteiger partial charge is 0.507 e. The maximum atomic E-state index is 15.8. The number of nitrogens with zero attached hydrogens (tertiary/aromatic N) is 7. The summed E-state index contributed by atoms with van der Waals surface area (Å²) in [5.41, 5.74) is 1.01. The molecule has 9 nitrogen and oxygen atoms in total.